The molecule has 2 aromatic carbocycles. The minimum absolute atomic E-state index is 0.0522. The van der Waals surface area contributed by atoms with Crippen molar-refractivity contribution in [1.82, 2.24) is 10.2 Å². The van der Waals surface area contributed by atoms with E-state index in [0.717, 1.165) is 38.8 Å². The Kier molecular flexibility index (Phi) is 6.50. The Bertz CT molecular complexity index is 955. The fourth-order valence-electron chi connectivity index (χ4n) is 3.98. The highest BCUT2D eigenvalue weighted by atomic mass is 16.5. The van der Waals surface area contributed by atoms with Crippen molar-refractivity contribution < 1.29 is 19.1 Å². The maximum atomic E-state index is 12.7. The quantitative estimate of drug-likeness (QED) is 0.697. The highest BCUT2D eigenvalue weighted by Gasteiger charge is 2.29. The summed E-state index contributed by atoms with van der Waals surface area (Å²) >= 11 is 0. The van der Waals surface area contributed by atoms with Crippen molar-refractivity contribution in [2.75, 3.05) is 37.7 Å². The average Bonchev–Trinajstić information content (AvgIpc) is 3.33. The predicted octanol–water partition coefficient (Wildman–Crippen LogP) is 2.40. The maximum Gasteiger partial charge on any atom is 0.265 e. The summed E-state index contributed by atoms with van der Waals surface area (Å²) in [6, 6.07) is 15.2. The van der Waals surface area contributed by atoms with Gasteiger partial charge in [0.2, 0.25) is 5.91 Å². The smallest absolute Gasteiger partial charge is 0.265 e. The van der Waals surface area contributed by atoms with Crippen LogP contribution in [0.5, 0.6) is 5.75 Å². The second-order valence-corrected chi connectivity index (χ2v) is 7.89. The molecule has 0 aliphatic carbocycles. The number of aryl methyl sites for hydroxylation is 1. The third-order valence-corrected chi connectivity index (χ3v) is 5.65. The van der Waals surface area contributed by atoms with Gasteiger partial charge in [0.25, 0.3) is 11.8 Å². The van der Waals surface area contributed by atoms with E-state index in [2.05, 4.69) is 17.4 Å². The lowest BCUT2D eigenvalue weighted by atomic mass is 10.1. The minimum atomic E-state index is -0.294. The zero-order chi connectivity index (χ0) is 21.6. The van der Waals surface area contributed by atoms with Crippen LogP contribution in [0.2, 0.25) is 0 Å². The van der Waals surface area contributed by atoms with Crippen LogP contribution in [0.15, 0.2) is 48.5 Å². The van der Waals surface area contributed by atoms with Crippen LogP contribution >= 0.6 is 0 Å². The molecule has 7 heteroatoms. The fourth-order valence-corrected chi connectivity index (χ4v) is 3.98. The molecule has 1 N–H and O–H groups in total. The molecule has 4 rings (SSSR count). The normalized spacial score (nSPS) is 15.4. The van der Waals surface area contributed by atoms with Crippen LogP contribution in [0.25, 0.3) is 0 Å². The molecule has 0 bridgehead atoms. The second kappa shape index (κ2) is 9.64. The molecular weight excluding hydrogens is 394 g/mol. The summed E-state index contributed by atoms with van der Waals surface area (Å²) < 4.78 is 5.51. The number of hydrogen-bond donors (Lipinski definition) is 1. The molecule has 2 aliphatic heterocycles. The number of nitrogens with zero attached hydrogens (tertiary/aromatic N) is 2. The van der Waals surface area contributed by atoms with Crippen molar-refractivity contribution in [2.45, 2.75) is 25.7 Å². The van der Waals surface area contributed by atoms with Crippen molar-refractivity contribution in [2.24, 2.45) is 0 Å². The number of benzene rings is 2. The third-order valence-electron chi connectivity index (χ3n) is 5.65. The van der Waals surface area contributed by atoms with Gasteiger partial charge in [-0.3, -0.25) is 19.3 Å². The lowest BCUT2D eigenvalue weighted by Gasteiger charge is -2.29. The molecule has 3 amide bonds. The molecular formula is C24H27N3O4. The number of likely N-dealkylation sites (tertiary alicyclic amines) is 1. The standard InChI is InChI=1S/C24H27N3O4/c28-22(25-12-6-9-18-7-2-1-3-8-18)16-27-20-15-19(24(30)26-13-4-5-14-26)10-11-21(20)31-17-23(27)29/h1-3,7-8,10-11,15H,4-6,9,12-14,16-17H2,(H,25,28). The van der Waals surface area contributed by atoms with E-state index in [1.165, 1.54) is 10.5 Å². The molecule has 0 atom stereocenters. The van der Waals surface area contributed by atoms with E-state index in [1.54, 1.807) is 18.2 Å². The van der Waals surface area contributed by atoms with Gasteiger partial charge in [-0.2, -0.15) is 0 Å². The summed E-state index contributed by atoms with van der Waals surface area (Å²) in [6.45, 7) is 1.82. The Labute approximate surface area is 182 Å². The number of amides is 3. The lowest BCUT2D eigenvalue weighted by molar-refractivity contribution is -0.125. The molecule has 1 saturated heterocycles. The Hall–Kier alpha value is -3.35. The highest BCUT2D eigenvalue weighted by Crippen LogP contribution is 2.33. The first-order valence-corrected chi connectivity index (χ1v) is 10.8. The molecule has 2 aliphatic rings. The van der Waals surface area contributed by atoms with Gasteiger partial charge in [-0.1, -0.05) is 30.3 Å². The van der Waals surface area contributed by atoms with Gasteiger partial charge in [0.15, 0.2) is 6.61 Å². The molecule has 0 radical (unpaired) electrons. The minimum Gasteiger partial charge on any atom is -0.482 e. The lowest BCUT2D eigenvalue weighted by Crippen LogP contribution is -2.45. The monoisotopic (exact) mass is 421 g/mol. The van der Waals surface area contributed by atoms with Crippen LogP contribution in [0, 0.1) is 0 Å². The number of carbonyl (C=O) groups excluding carboxylic acids is 3. The first-order valence-electron chi connectivity index (χ1n) is 10.8. The van der Waals surface area contributed by atoms with Crippen LogP contribution in [-0.4, -0.2) is 55.4 Å². The molecule has 0 unspecified atom stereocenters. The third kappa shape index (κ3) is 5.05. The van der Waals surface area contributed by atoms with Gasteiger partial charge in [-0.05, 0) is 49.4 Å². The predicted molar refractivity (Wildman–Crippen MR) is 117 cm³/mol. The van der Waals surface area contributed by atoms with Gasteiger partial charge >= 0.3 is 0 Å². The SMILES string of the molecule is O=C(CN1C(=O)COc2ccc(C(=O)N3CCCC3)cc21)NCCCc1ccccc1. The maximum absolute atomic E-state index is 12.7. The van der Waals surface area contributed by atoms with E-state index >= 15 is 0 Å². The number of carbonyl (C=O) groups is 3. The molecule has 162 valence electrons. The van der Waals surface area contributed by atoms with Crippen LogP contribution in [-0.2, 0) is 16.0 Å². The summed E-state index contributed by atoms with van der Waals surface area (Å²) in [4.78, 5) is 40.9. The van der Waals surface area contributed by atoms with Gasteiger partial charge in [-0.25, -0.2) is 0 Å². The summed E-state index contributed by atoms with van der Waals surface area (Å²) in [7, 11) is 0. The van der Waals surface area contributed by atoms with Crippen LogP contribution < -0.4 is 15.0 Å². The van der Waals surface area contributed by atoms with Gasteiger partial charge in [-0.15, -0.1) is 0 Å². The number of rotatable bonds is 7. The summed E-state index contributed by atoms with van der Waals surface area (Å²) in [6.07, 6.45) is 3.71. The average molecular weight is 421 g/mol. The summed E-state index contributed by atoms with van der Waals surface area (Å²) in [5, 5.41) is 2.88. The molecule has 0 aromatic heterocycles. The van der Waals surface area contributed by atoms with Crippen molar-refractivity contribution >= 4 is 23.4 Å². The molecule has 0 saturated carbocycles. The fraction of sp³-hybridized carbons (Fsp3) is 0.375. The van der Waals surface area contributed by atoms with E-state index in [-0.39, 0.29) is 30.9 Å². The molecule has 7 nitrogen and oxygen atoms in total. The summed E-state index contributed by atoms with van der Waals surface area (Å²) in [5.41, 5.74) is 2.21. The van der Waals surface area contributed by atoms with Gasteiger partial charge in [0.05, 0.1) is 5.69 Å². The number of fused-ring (bicyclic) bond motifs is 1. The summed E-state index contributed by atoms with van der Waals surface area (Å²) in [5.74, 6) is -0.0682. The molecule has 1 fully saturated rings. The molecule has 0 spiro atoms. The van der Waals surface area contributed by atoms with Crippen LogP contribution in [0.1, 0.15) is 35.2 Å². The highest BCUT2D eigenvalue weighted by molar-refractivity contribution is 6.04. The second-order valence-electron chi connectivity index (χ2n) is 7.89. The van der Waals surface area contributed by atoms with Gasteiger partial charge in [0, 0.05) is 25.2 Å². The van der Waals surface area contributed by atoms with Crippen molar-refractivity contribution in [3.8, 4) is 5.75 Å². The first-order chi connectivity index (χ1) is 15.1. The van der Waals surface area contributed by atoms with E-state index in [4.69, 9.17) is 4.74 Å². The van der Waals surface area contributed by atoms with Crippen molar-refractivity contribution in [3.63, 3.8) is 0 Å². The number of hydrogen-bond acceptors (Lipinski definition) is 4. The topological polar surface area (TPSA) is 79.0 Å². The number of anilines is 1. The van der Waals surface area contributed by atoms with Crippen molar-refractivity contribution in [1.29, 1.82) is 0 Å². The zero-order valence-corrected chi connectivity index (χ0v) is 17.5. The number of nitrogens with one attached hydrogen (secondary N) is 1. The van der Waals surface area contributed by atoms with Crippen LogP contribution in [0.3, 0.4) is 0 Å². The Morgan fingerprint density at radius 2 is 1.81 bits per heavy atom. The Balaban J connectivity index is 1.38. The van der Waals surface area contributed by atoms with E-state index in [9.17, 15) is 14.4 Å². The zero-order valence-electron chi connectivity index (χ0n) is 17.5. The van der Waals surface area contributed by atoms with Crippen LogP contribution in [0.4, 0.5) is 5.69 Å². The Morgan fingerprint density at radius 3 is 2.58 bits per heavy atom. The molecule has 31 heavy (non-hydrogen) atoms. The Morgan fingerprint density at radius 1 is 1.03 bits per heavy atom. The molecule has 2 heterocycles. The van der Waals surface area contributed by atoms with E-state index in [0.29, 0.717) is 23.5 Å². The van der Waals surface area contributed by atoms with Gasteiger partial charge in [0.1, 0.15) is 12.3 Å². The largest absolute Gasteiger partial charge is 0.482 e. The van der Waals surface area contributed by atoms with E-state index < -0.39 is 0 Å². The van der Waals surface area contributed by atoms with Crippen molar-refractivity contribution in [3.05, 3.63) is 59.7 Å². The number of ether oxygens (including phenoxy) is 1. The van der Waals surface area contributed by atoms with E-state index in [1.807, 2.05) is 23.1 Å². The molecule has 2 aromatic rings. The first kappa shape index (κ1) is 20.9. The van der Waals surface area contributed by atoms with Gasteiger partial charge < -0.3 is 15.0 Å².